The lowest BCUT2D eigenvalue weighted by Crippen LogP contribution is -2.41. The fraction of sp³-hybridized carbons (Fsp3) is 0.267. The summed E-state index contributed by atoms with van der Waals surface area (Å²) in [6.45, 7) is 0.258. The van der Waals surface area contributed by atoms with Crippen LogP contribution < -0.4 is 5.32 Å². The number of hydrogen-bond donors (Lipinski definition) is 2. The smallest absolute Gasteiger partial charge is 0.326 e. The predicted octanol–water partition coefficient (Wildman–Crippen LogP) is 1.45. The molecular weight excluding hydrogens is 272 g/mol. The lowest BCUT2D eigenvalue weighted by atomic mass is 10.1. The molecule has 0 spiro atoms. The van der Waals surface area contributed by atoms with Gasteiger partial charge in [0.2, 0.25) is 0 Å². The van der Waals surface area contributed by atoms with Crippen LogP contribution in [0.3, 0.4) is 0 Å². The number of hydrogen-bond acceptors (Lipinski definition) is 4. The molecule has 2 aromatic rings. The summed E-state index contributed by atoms with van der Waals surface area (Å²) in [5, 5.41) is 12.3. The molecule has 0 fully saturated rings. The Labute approximate surface area is 121 Å². The maximum Gasteiger partial charge on any atom is 0.326 e. The number of para-hydroxylation sites is 1. The molecular formula is C15H16N2O4. The van der Waals surface area contributed by atoms with E-state index in [2.05, 4.69) is 10.3 Å². The molecule has 6 nitrogen and oxygen atoms in total. The van der Waals surface area contributed by atoms with E-state index in [9.17, 15) is 9.59 Å². The van der Waals surface area contributed by atoms with Gasteiger partial charge in [0.05, 0.1) is 11.1 Å². The van der Waals surface area contributed by atoms with E-state index in [0.29, 0.717) is 16.5 Å². The maximum absolute atomic E-state index is 12.3. The number of aromatic nitrogens is 1. The molecule has 2 rings (SSSR count). The molecule has 1 aromatic heterocycles. The normalized spacial score (nSPS) is 12.0. The minimum absolute atomic E-state index is 0.209. The number of carboxylic acid groups (broad SMARTS) is 1. The van der Waals surface area contributed by atoms with Crippen molar-refractivity contribution in [1.29, 1.82) is 0 Å². The van der Waals surface area contributed by atoms with Crippen LogP contribution in [0.1, 0.15) is 16.8 Å². The van der Waals surface area contributed by atoms with Crippen molar-refractivity contribution >= 4 is 22.8 Å². The summed E-state index contributed by atoms with van der Waals surface area (Å²) in [6, 6.07) is 7.81. The number of carboxylic acids is 1. The van der Waals surface area contributed by atoms with Crippen LogP contribution in [-0.4, -0.2) is 41.7 Å². The summed E-state index contributed by atoms with van der Waals surface area (Å²) >= 11 is 0. The van der Waals surface area contributed by atoms with Crippen LogP contribution >= 0.6 is 0 Å². The molecule has 1 aromatic carbocycles. The van der Waals surface area contributed by atoms with Crippen molar-refractivity contribution < 1.29 is 19.4 Å². The molecule has 0 saturated heterocycles. The van der Waals surface area contributed by atoms with Gasteiger partial charge in [-0.05, 0) is 12.1 Å². The third-order valence-corrected chi connectivity index (χ3v) is 3.11. The molecule has 110 valence electrons. The van der Waals surface area contributed by atoms with Crippen molar-refractivity contribution in [2.24, 2.45) is 0 Å². The van der Waals surface area contributed by atoms with Gasteiger partial charge in [0.1, 0.15) is 6.04 Å². The predicted molar refractivity (Wildman–Crippen MR) is 77.1 cm³/mol. The van der Waals surface area contributed by atoms with Gasteiger partial charge in [-0.15, -0.1) is 0 Å². The average Bonchev–Trinajstić information content (AvgIpc) is 2.50. The van der Waals surface area contributed by atoms with E-state index in [0.717, 1.165) is 0 Å². The monoisotopic (exact) mass is 288 g/mol. The van der Waals surface area contributed by atoms with Crippen molar-refractivity contribution in [3.8, 4) is 0 Å². The van der Waals surface area contributed by atoms with E-state index in [4.69, 9.17) is 9.84 Å². The number of methoxy groups -OCH3 is 1. The highest BCUT2D eigenvalue weighted by atomic mass is 16.5. The minimum atomic E-state index is -1.08. The molecule has 0 aliphatic rings. The Balaban J connectivity index is 2.23. The number of aliphatic carboxylic acids is 1. The third kappa shape index (κ3) is 3.55. The second kappa shape index (κ2) is 6.81. The van der Waals surface area contributed by atoms with Crippen molar-refractivity contribution in [2.75, 3.05) is 13.7 Å². The maximum atomic E-state index is 12.3. The van der Waals surface area contributed by atoms with E-state index in [-0.39, 0.29) is 13.0 Å². The molecule has 0 radical (unpaired) electrons. The van der Waals surface area contributed by atoms with E-state index < -0.39 is 17.9 Å². The average molecular weight is 288 g/mol. The zero-order valence-corrected chi connectivity index (χ0v) is 11.6. The SMILES string of the molecule is COCCC(NC(=O)c1ccnc2ccccc12)C(=O)O. The standard InChI is InChI=1S/C15H16N2O4/c1-21-9-7-13(15(19)20)17-14(18)11-6-8-16-12-5-3-2-4-10(11)12/h2-6,8,13H,7,9H2,1H3,(H,17,18)(H,19,20). The second-order valence-electron chi connectivity index (χ2n) is 4.52. The summed E-state index contributed by atoms with van der Waals surface area (Å²) in [5.41, 5.74) is 1.10. The van der Waals surface area contributed by atoms with Gasteiger partial charge in [0.25, 0.3) is 5.91 Å². The zero-order valence-electron chi connectivity index (χ0n) is 11.6. The van der Waals surface area contributed by atoms with Crippen LogP contribution in [0.15, 0.2) is 36.5 Å². The molecule has 1 unspecified atom stereocenters. The van der Waals surface area contributed by atoms with E-state index >= 15 is 0 Å². The van der Waals surface area contributed by atoms with Gasteiger partial charge in [-0.1, -0.05) is 18.2 Å². The molecule has 2 N–H and O–H groups in total. The fourth-order valence-corrected chi connectivity index (χ4v) is 2.02. The van der Waals surface area contributed by atoms with Crippen LogP contribution in [0.2, 0.25) is 0 Å². The van der Waals surface area contributed by atoms with E-state index in [1.165, 1.54) is 13.3 Å². The first-order valence-corrected chi connectivity index (χ1v) is 6.50. The topological polar surface area (TPSA) is 88.5 Å². The summed E-state index contributed by atoms with van der Waals surface area (Å²) in [6.07, 6.45) is 1.74. The Morgan fingerprint density at radius 3 is 2.81 bits per heavy atom. The highest BCUT2D eigenvalue weighted by Crippen LogP contribution is 2.16. The highest BCUT2D eigenvalue weighted by Gasteiger charge is 2.21. The number of carbonyl (C=O) groups is 2. The molecule has 21 heavy (non-hydrogen) atoms. The number of benzene rings is 1. The number of rotatable bonds is 6. The molecule has 0 saturated carbocycles. The Morgan fingerprint density at radius 1 is 1.33 bits per heavy atom. The Bertz CT molecular complexity index is 652. The number of fused-ring (bicyclic) bond motifs is 1. The van der Waals surface area contributed by atoms with Gasteiger partial charge in [-0.25, -0.2) is 4.79 Å². The van der Waals surface area contributed by atoms with Gasteiger partial charge < -0.3 is 15.2 Å². The van der Waals surface area contributed by atoms with E-state index in [1.807, 2.05) is 6.07 Å². The number of carbonyl (C=O) groups excluding carboxylic acids is 1. The number of ether oxygens (including phenoxy) is 1. The van der Waals surface area contributed by atoms with Gasteiger partial charge in [0.15, 0.2) is 0 Å². The molecule has 1 heterocycles. The van der Waals surface area contributed by atoms with Crippen molar-refractivity contribution in [2.45, 2.75) is 12.5 Å². The minimum Gasteiger partial charge on any atom is -0.480 e. The van der Waals surface area contributed by atoms with Gasteiger partial charge >= 0.3 is 5.97 Å². The Hall–Kier alpha value is -2.47. The Kier molecular flexibility index (Phi) is 4.84. The van der Waals surface area contributed by atoms with Gasteiger partial charge in [-0.3, -0.25) is 9.78 Å². The quantitative estimate of drug-likeness (QED) is 0.840. The molecule has 1 atom stereocenters. The lowest BCUT2D eigenvalue weighted by molar-refractivity contribution is -0.139. The summed E-state index contributed by atoms with van der Waals surface area (Å²) in [4.78, 5) is 27.6. The Morgan fingerprint density at radius 2 is 2.10 bits per heavy atom. The van der Waals surface area contributed by atoms with Crippen LogP contribution in [0.4, 0.5) is 0 Å². The molecule has 0 bridgehead atoms. The number of pyridine rings is 1. The van der Waals surface area contributed by atoms with Crippen LogP contribution in [0.5, 0.6) is 0 Å². The molecule has 0 aliphatic carbocycles. The van der Waals surface area contributed by atoms with Crippen LogP contribution in [0, 0.1) is 0 Å². The van der Waals surface area contributed by atoms with Crippen LogP contribution in [-0.2, 0) is 9.53 Å². The molecule has 0 aliphatic heterocycles. The number of amides is 1. The first-order valence-electron chi connectivity index (χ1n) is 6.50. The first-order chi connectivity index (χ1) is 10.1. The largest absolute Gasteiger partial charge is 0.480 e. The summed E-state index contributed by atoms with van der Waals surface area (Å²) < 4.78 is 4.86. The first kappa shape index (κ1) is 14.9. The third-order valence-electron chi connectivity index (χ3n) is 3.11. The summed E-state index contributed by atoms with van der Waals surface area (Å²) in [5.74, 6) is -1.52. The van der Waals surface area contributed by atoms with Crippen LogP contribution in [0.25, 0.3) is 10.9 Å². The van der Waals surface area contributed by atoms with Gasteiger partial charge in [0, 0.05) is 31.7 Å². The summed E-state index contributed by atoms with van der Waals surface area (Å²) in [7, 11) is 1.48. The van der Waals surface area contributed by atoms with Crippen molar-refractivity contribution in [3.63, 3.8) is 0 Å². The number of nitrogens with one attached hydrogen (secondary N) is 1. The lowest BCUT2D eigenvalue weighted by Gasteiger charge is -2.14. The zero-order chi connectivity index (χ0) is 15.2. The highest BCUT2D eigenvalue weighted by molar-refractivity contribution is 6.06. The second-order valence-corrected chi connectivity index (χ2v) is 4.52. The fourth-order valence-electron chi connectivity index (χ4n) is 2.02. The van der Waals surface area contributed by atoms with Gasteiger partial charge in [-0.2, -0.15) is 0 Å². The van der Waals surface area contributed by atoms with Crippen molar-refractivity contribution in [3.05, 3.63) is 42.1 Å². The van der Waals surface area contributed by atoms with Crippen molar-refractivity contribution in [1.82, 2.24) is 10.3 Å². The molecule has 1 amide bonds. The molecule has 6 heteroatoms. The van der Waals surface area contributed by atoms with E-state index in [1.54, 1.807) is 24.3 Å². The number of nitrogens with zero attached hydrogens (tertiary/aromatic N) is 1.